The molecule has 8 heteroatoms. The molecule has 4 rings (SSSR count). The number of nitrogens with one attached hydrogen (secondary N) is 1. The fourth-order valence-electron chi connectivity index (χ4n) is 3.54. The summed E-state index contributed by atoms with van der Waals surface area (Å²) in [4.78, 5) is 0.0192. The Morgan fingerprint density at radius 3 is 2.06 bits per heavy atom. The lowest BCUT2D eigenvalue weighted by atomic mass is 10.2. The van der Waals surface area contributed by atoms with Crippen LogP contribution >= 0.6 is 0 Å². The first-order valence-corrected chi connectivity index (χ1v) is 12.6. The van der Waals surface area contributed by atoms with Gasteiger partial charge in [0.25, 0.3) is 20.0 Å². The number of fused-ring (bicyclic) bond motifs is 1. The van der Waals surface area contributed by atoms with E-state index in [1.165, 1.54) is 12.1 Å². The maximum Gasteiger partial charge on any atom is 0.269 e. The number of benzene rings is 3. The zero-order chi connectivity index (χ0) is 22.2. The topological polar surface area (TPSA) is 85.2 Å². The van der Waals surface area contributed by atoms with Crippen molar-refractivity contribution in [1.29, 1.82) is 0 Å². The summed E-state index contributed by atoms with van der Waals surface area (Å²) >= 11 is 0. The van der Waals surface area contributed by atoms with E-state index in [-0.39, 0.29) is 16.5 Å². The number of hydrogen-bond donors (Lipinski definition) is 1. The van der Waals surface area contributed by atoms with Gasteiger partial charge in [-0.2, -0.15) is 0 Å². The Hall–Kier alpha value is -2.94. The molecular weight excluding hydrogens is 432 g/mol. The highest BCUT2D eigenvalue weighted by Gasteiger charge is 2.32. The van der Waals surface area contributed by atoms with Gasteiger partial charge in [-0.1, -0.05) is 66.2 Å². The summed E-state index contributed by atoms with van der Waals surface area (Å²) in [5.41, 5.74) is 2.54. The van der Waals surface area contributed by atoms with Crippen molar-refractivity contribution < 1.29 is 16.8 Å². The zero-order valence-corrected chi connectivity index (χ0v) is 18.7. The molecule has 0 saturated carbocycles. The highest BCUT2D eigenvalue weighted by molar-refractivity contribution is 7.92. The Labute approximate surface area is 182 Å². The third-order valence-corrected chi connectivity index (χ3v) is 8.52. The maximum absolute atomic E-state index is 13.5. The van der Waals surface area contributed by atoms with Crippen LogP contribution in [0.25, 0.3) is 10.9 Å². The highest BCUT2D eigenvalue weighted by atomic mass is 32.2. The first-order chi connectivity index (χ1) is 14.7. The molecule has 160 valence electrons. The smallest absolute Gasteiger partial charge is 0.221 e. The third kappa shape index (κ3) is 3.89. The normalized spacial score (nSPS) is 12.3. The van der Waals surface area contributed by atoms with Crippen LogP contribution in [0.1, 0.15) is 16.7 Å². The average molecular weight is 455 g/mol. The molecule has 0 saturated heterocycles. The summed E-state index contributed by atoms with van der Waals surface area (Å²) in [6.07, 6.45) is 0. The fraction of sp³-hybridized carbons (Fsp3) is 0.130. The van der Waals surface area contributed by atoms with Gasteiger partial charge in [0, 0.05) is 11.9 Å². The van der Waals surface area contributed by atoms with E-state index < -0.39 is 20.0 Å². The van der Waals surface area contributed by atoms with Crippen LogP contribution in [-0.4, -0.2) is 20.8 Å². The standard InChI is InChI=1S/C23H22N2O4S2/c1-17-12-14-19(15-13-17)16-24-30(26,27)23-18(2)21-10-6-7-11-22(21)25(23)31(28,29)20-8-4-3-5-9-20/h3-15,24H,16H2,1-2H3. The Kier molecular flexibility index (Phi) is 5.47. The SMILES string of the molecule is Cc1ccc(CNS(=O)(=O)c2c(C)c3ccccc3n2S(=O)(=O)c2ccccc2)cc1. The maximum atomic E-state index is 13.5. The summed E-state index contributed by atoms with van der Waals surface area (Å²) in [6, 6.07) is 22.1. The minimum atomic E-state index is -4.15. The number of para-hydroxylation sites is 1. The van der Waals surface area contributed by atoms with Gasteiger partial charge in [-0.3, -0.25) is 0 Å². The van der Waals surface area contributed by atoms with Gasteiger partial charge >= 0.3 is 0 Å². The van der Waals surface area contributed by atoms with Crippen LogP contribution < -0.4 is 4.72 Å². The van der Waals surface area contributed by atoms with E-state index in [9.17, 15) is 16.8 Å². The van der Waals surface area contributed by atoms with Crippen molar-refractivity contribution in [2.75, 3.05) is 0 Å². The predicted molar refractivity (Wildman–Crippen MR) is 121 cm³/mol. The molecule has 3 aromatic carbocycles. The second-order valence-electron chi connectivity index (χ2n) is 7.34. The molecule has 1 heterocycles. The molecule has 0 aliphatic heterocycles. The number of rotatable bonds is 6. The van der Waals surface area contributed by atoms with E-state index in [0.717, 1.165) is 15.1 Å². The lowest BCUT2D eigenvalue weighted by Crippen LogP contribution is -2.28. The molecule has 6 nitrogen and oxygen atoms in total. The number of aromatic nitrogens is 1. The first-order valence-electron chi connectivity index (χ1n) is 9.68. The minimum Gasteiger partial charge on any atom is -0.221 e. The number of hydrogen-bond acceptors (Lipinski definition) is 4. The number of sulfonamides is 1. The van der Waals surface area contributed by atoms with Crippen molar-refractivity contribution in [1.82, 2.24) is 8.69 Å². The minimum absolute atomic E-state index is 0.0192. The van der Waals surface area contributed by atoms with Crippen molar-refractivity contribution in [2.24, 2.45) is 0 Å². The van der Waals surface area contributed by atoms with Crippen molar-refractivity contribution in [3.63, 3.8) is 0 Å². The average Bonchev–Trinajstić information content (AvgIpc) is 3.08. The molecule has 31 heavy (non-hydrogen) atoms. The Bertz CT molecular complexity index is 1460. The van der Waals surface area contributed by atoms with E-state index in [1.807, 2.05) is 31.2 Å². The second-order valence-corrected chi connectivity index (χ2v) is 10.8. The summed E-state index contributed by atoms with van der Waals surface area (Å²) in [7, 11) is -8.30. The molecule has 0 aliphatic rings. The van der Waals surface area contributed by atoms with E-state index in [1.54, 1.807) is 49.4 Å². The van der Waals surface area contributed by atoms with Gasteiger partial charge < -0.3 is 0 Å². The Morgan fingerprint density at radius 1 is 0.774 bits per heavy atom. The van der Waals surface area contributed by atoms with Gasteiger partial charge in [-0.05, 0) is 43.2 Å². The quantitative estimate of drug-likeness (QED) is 0.478. The number of nitrogens with zero attached hydrogens (tertiary/aromatic N) is 1. The Balaban J connectivity index is 1.88. The molecular formula is C23H22N2O4S2. The third-order valence-electron chi connectivity index (χ3n) is 5.15. The van der Waals surface area contributed by atoms with Crippen LogP contribution in [0.15, 0.2) is 88.8 Å². The molecule has 0 spiro atoms. The van der Waals surface area contributed by atoms with E-state index in [0.29, 0.717) is 16.5 Å². The van der Waals surface area contributed by atoms with Gasteiger partial charge in [-0.15, -0.1) is 0 Å². The molecule has 0 aliphatic carbocycles. The van der Waals surface area contributed by atoms with Crippen LogP contribution in [0, 0.1) is 13.8 Å². The predicted octanol–water partition coefficient (Wildman–Crippen LogP) is 3.97. The molecule has 1 aromatic heterocycles. The molecule has 0 atom stereocenters. The van der Waals surface area contributed by atoms with Crippen LogP contribution in [0.5, 0.6) is 0 Å². The Morgan fingerprint density at radius 2 is 1.39 bits per heavy atom. The van der Waals surface area contributed by atoms with Gasteiger partial charge in [0.1, 0.15) is 0 Å². The first kappa shape index (κ1) is 21.3. The summed E-state index contributed by atoms with van der Waals surface area (Å²) in [5, 5.41) is 0.294. The summed E-state index contributed by atoms with van der Waals surface area (Å²) < 4.78 is 57.3. The van der Waals surface area contributed by atoms with Crippen molar-refractivity contribution in [2.45, 2.75) is 30.3 Å². The van der Waals surface area contributed by atoms with Crippen LogP contribution in [0.4, 0.5) is 0 Å². The zero-order valence-electron chi connectivity index (χ0n) is 17.1. The van der Waals surface area contributed by atoms with E-state index >= 15 is 0 Å². The molecule has 4 aromatic rings. The molecule has 1 N–H and O–H groups in total. The van der Waals surface area contributed by atoms with Gasteiger partial charge in [-0.25, -0.2) is 25.5 Å². The van der Waals surface area contributed by atoms with Crippen LogP contribution in [0.2, 0.25) is 0 Å². The molecule has 0 amide bonds. The largest absolute Gasteiger partial charge is 0.269 e. The van der Waals surface area contributed by atoms with Crippen molar-refractivity contribution in [3.05, 3.63) is 95.6 Å². The van der Waals surface area contributed by atoms with Gasteiger partial charge in [0.15, 0.2) is 5.03 Å². The van der Waals surface area contributed by atoms with E-state index in [4.69, 9.17) is 0 Å². The van der Waals surface area contributed by atoms with E-state index in [2.05, 4.69) is 4.72 Å². The lowest BCUT2D eigenvalue weighted by molar-refractivity contribution is 0.565. The monoisotopic (exact) mass is 454 g/mol. The van der Waals surface area contributed by atoms with Crippen molar-refractivity contribution in [3.8, 4) is 0 Å². The molecule has 0 radical (unpaired) electrons. The fourth-order valence-corrected chi connectivity index (χ4v) is 6.94. The van der Waals surface area contributed by atoms with Crippen LogP contribution in [0.3, 0.4) is 0 Å². The van der Waals surface area contributed by atoms with Gasteiger partial charge in [0.2, 0.25) is 0 Å². The molecule has 0 unspecified atom stereocenters. The number of aryl methyl sites for hydroxylation is 2. The van der Waals surface area contributed by atoms with Crippen molar-refractivity contribution >= 4 is 30.9 Å². The highest BCUT2D eigenvalue weighted by Crippen LogP contribution is 2.32. The summed E-state index contributed by atoms with van der Waals surface area (Å²) in [6.45, 7) is 3.62. The lowest BCUT2D eigenvalue weighted by Gasteiger charge is -2.14. The van der Waals surface area contributed by atoms with Gasteiger partial charge in [0.05, 0.1) is 10.4 Å². The second kappa shape index (κ2) is 7.96. The molecule has 0 bridgehead atoms. The molecule has 0 fully saturated rings. The van der Waals surface area contributed by atoms with Crippen LogP contribution in [-0.2, 0) is 26.6 Å². The summed E-state index contributed by atoms with van der Waals surface area (Å²) in [5.74, 6) is 0.